The van der Waals surface area contributed by atoms with E-state index in [1.165, 1.54) is 7.11 Å². The SMILES string of the molecule is COC(=O)CC[C@@H](NC(=O)CN(C)C)C(=O)O. The minimum absolute atomic E-state index is 0.0151. The van der Waals surface area contributed by atoms with Crippen molar-refractivity contribution in [2.45, 2.75) is 18.9 Å². The molecule has 1 amide bonds. The number of esters is 1. The first-order chi connectivity index (χ1) is 7.86. The van der Waals surface area contributed by atoms with Crippen LogP contribution in [-0.2, 0) is 19.1 Å². The molecule has 0 saturated carbocycles. The van der Waals surface area contributed by atoms with E-state index in [4.69, 9.17) is 5.11 Å². The van der Waals surface area contributed by atoms with Crippen LogP contribution in [0.25, 0.3) is 0 Å². The van der Waals surface area contributed by atoms with Crippen molar-refractivity contribution < 1.29 is 24.2 Å². The highest BCUT2D eigenvalue weighted by atomic mass is 16.5. The van der Waals surface area contributed by atoms with Gasteiger partial charge in [-0.15, -0.1) is 0 Å². The summed E-state index contributed by atoms with van der Waals surface area (Å²) in [5.41, 5.74) is 0. The Kier molecular flexibility index (Phi) is 6.88. The molecular formula is C10H18N2O5. The molecule has 98 valence electrons. The Hall–Kier alpha value is -1.63. The molecule has 0 bridgehead atoms. The van der Waals surface area contributed by atoms with E-state index < -0.39 is 23.9 Å². The van der Waals surface area contributed by atoms with Crippen LogP contribution >= 0.6 is 0 Å². The third kappa shape index (κ3) is 7.29. The first-order valence-corrected chi connectivity index (χ1v) is 5.10. The number of likely N-dealkylation sites (N-methyl/N-ethyl adjacent to an activating group) is 1. The van der Waals surface area contributed by atoms with Gasteiger partial charge in [-0.2, -0.15) is 0 Å². The summed E-state index contributed by atoms with van der Waals surface area (Å²) in [4.78, 5) is 34.7. The monoisotopic (exact) mass is 246 g/mol. The maximum absolute atomic E-state index is 11.4. The van der Waals surface area contributed by atoms with Gasteiger partial charge < -0.3 is 20.1 Å². The summed E-state index contributed by atoms with van der Waals surface area (Å²) in [7, 11) is 4.62. The van der Waals surface area contributed by atoms with E-state index in [1.54, 1.807) is 19.0 Å². The zero-order chi connectivity index (χ0) is 13.4. The van der Waals surface area contributed by atoms with Gasteiger partial charge in [0.1, 0.15) is 6.04 Å². The second-order valence-corrected chi connectivity index (χ2v) is 3.81. The first-order valence-electron chi connectivity index (χ1n) is 5.10. The molecule has 1 atom stereocenters. The van der Waals surface area contributed by atoms with E-state index >= 15 is 0 Å². The van der Waals surface area contributed by atoms with E-state index in [-0.39, 0.29) is 19.4 Å². The Bertz CT molecular complexity index is 290. The normalized spacial score (nSPS) is 12.0. The number of carbonyl (C=O) groups excluding carboxylic acids is 2. The molecular weight excluding hydrogens is 228 g/mol. The Labute approximate surface area is 99.7 Å². The van der Waals surface area contributed by atoms with Crippen molar-refractivity contribution in [3.8, 4) is 0 Å². The summed E-state index contributed by atoms with van der Waals surface area (Å²) < 4.78 is 4.40. The number of nitrogens with one attached hydrogen (secondary N) is 1. The van der Waals surface area contributed by atoms with Crippen LogP contribution < -0.4 is 5.32 Å². The largest absolute Gasteiger partial charge is 0.480 e. The number of amides is 1. The molecule has 0 aliphatic heterocycles. The molecule has 0 radical (unpaired) electrons. The van der Waals surface area contributed by atoms with E-state index in [2.05, 4.69) is 10.1 Å². The van der Waals surface area contributed by atoms with Crippen LogP contribution in [0.4, 0.5) is 0 Å². The molecule has 2 N–H and O–H groups in total. The highest BCUT2D eigenvalue weighted by Crippen LogP contribution is 1.99. The topological polar surface area (TPSA) is 95.9 Å². The third-order valence-corrected chi connectivity index (χ3v) is 1.96. The number of rotatable bonds is 7. The minimum Gasteiger partial charge on any atom is -0.480 e. The van der Waals surface area contributed by atoms with Crippen molar-refractivity contribution in [3.05, 3.63) is 0 Å². The Balaban J connectivity index is 4.20. The summed E-state index contributed by atoms with van der Waals surface area (Å²) in [6, 6.07) is -1.07. The van der Waals surface area contributed by atoms with Crippen LogP contribution in [0.2, 0.25) is 0 Å². The van der Waals surface area contributed by atoms with Crippen molar-refractivity contribution in [2.75, 3.05) is 27.7 Å². The quantitative estimate of drug-likeness (QED) is 0.563. The summed E-state index contributed by atoms with van der Waals surface area (Å²) in [5.74, 6) is -2.06. The fraction of sp³-hybridized carbons (Fsp3) is 0.700. The van der Waals surface area contributed by atoms with E-state index in [9.17, 15) is 14.4 Å². The summed E-state index contributed by atoms with van der Waals surface area (Å²) in [6.45, 7) is 0.0992. The molecule has 17 heavy (non-hydrogen) atoms. The zero-order valence-corrected chi connectivity index (χ0v) is 10.2. The minimum atomic E-state index is -1.17. The van der Waals surface area contributed by atoms with Crippen LogP contribution in [0.1, 0.15) is 12.8 Å². The lowest BCUT2D eigenvalue weighted by Gasteiger charge is -2.15. The van der Waals surface area contributed by atoms with Gasteiger partial charge in [-0.1, -0.05) is 0 Å². The van der Waals surface area contributed by atoms with Gasteiger partial charge in [0.15, 0.2) is 0 Å². The molecule has 0 unspecified atom stereocenters. The second-order valence-electron chi connectivity index (χ2n) is 3.81. The molecule has 0 fully saturated rings. The Morgan fingerprint density at radius 1 is 1.35 bits per heavy atom. The third-order valence-electron chi connectivity index (χ3n) is 1.96. The number of ether oxygens (including phenoxy) is 1. The number of nitrogens with zero attached hydrogens (tertiary/aromatic N) is 1. The van der Waals surface area contributed by atoms with Crippen LogP contribution in [0.3, 0.4) is 0 Å². The average molecular weight is 246 g/mol. The highest BCUT2D eigenvalue weighted by molar-refractivity contribution is 5.85. The van der Waals surface area contributed by atoms with Crippen LogP contribution in [0, 0.1) is 0 Å². The predicted octanol–water partition coefficient (Wildman–Crippen LogP) is -0.929. The van der Waals surface area contributed by atoms with Crippen molar-refractivity contribution in [1.29, 1.82) is 0 Å². The number of carboxylic acids is 1. The molecule has 0 spiro atoms. The second kappa shape index (κ2) is 7.61. The number of hydrogen-bond acceptors (Lipinski definition) is 5. The lowest BCUT2D eigenvalue weighted by atomic mass is 10.1. The van der Waals surface area contributed by atoms with E-state index in [0.29, 0.717) is 0 Å². The first kappa shape index (κ1) is 15.4. The fourth-order valence-corrected chi connectivity index (χ4v) is 1.15. The number of carboxylic acid groups (broad SMARTS) is 1. The predicted molar refractivity (Wildman–Crippen MR) is 59.4 cm³/mol. The lowest BCUT2D eigenvalue weighted by Crippen LogP contribution is -2.44. The lowest BCUT2D eigenvalue weighted by molar-refractivity contribution is -0.144. The number of carbonyl (C=O) groups is 3. The molecule has 0 aliphatic rings. The van der Waals surface area contributed by atoms with Crippen LogP contribution in [0.15, 0.2) is 0 Å². The van der Waals surface area contributed by atoms with Crippen molar-refractivity contribution in [3.63, 3.8) is 0 Å². The fourth-order valence-electron chi connectivity index (χ4n) is 1.15. The molecule has 0 aromatic rings. The molecule has 0 heterocycles. The van der Waals surface area contributed by atoms with Gasteiger partial charge in [-0.05, 0) is 20.5 Å². The zero-order valence-electron chi connectivity index (χ0n) is 10.2. The van der Waals surface area contributed by atoms with Crippen LogP contribution in [0.5, 0.6) is 0 Å². The Morgan fingerprint density at radius 2 is 1.94 bits per heavy atom. The van der Waals surface area contributed by atoms with Gasteiger partial charge in [0.25, 0.3) is 0 Å². The van der Waals surface area contributed by atoms with E-state index in [1.807, 2.05) is 0 Å². The molecule has 0 aliphatic carbocycles. The number of methoxy groups -OCH3 is 1. The van der Waals surface area contributed by atoms with E-state index in [0.717, 1.165) is 0 Å². The highest BCUT2D eigenvalue weighted by Gasteiger charge is 2.21. The number of aliphatic carboxylic acids is 1. The standard InChI is InChI=1S/C10H18N2O5/c1-12(2)6-8(13)11-7(10(15)16)4-5-9(14)17-3/h7H,4-6H2,1-3H3,(H,11,13)(H,15,16)/t7-/m1/s1. The molecule has 0 saturated heterocycles. The Morgan fingerprint density at radius 3 is 2.35 bits per heavy atom. The van der Waals surface area contributed by atoms with Crippen molar-refractivity contribution in [1.82, 2.24) is 10.2 Å². The van der Waals surface area contributed by atoms with Gasteiger partial charge in [-0.25, -0.2) is 4.79 Å². The van der Waals surface area contributed by atoms with Crippen LogP contribution in [-0.4, -0.2) is 61.6 Å². The van der Waals surface area contributed by atoms with Crippen molar-refractivity contribution in [2.24, 2.45) is 0 Å². The molecule has 0 aromatic heterocycles. The number of hydrogen-bond donors (Lipinski definition) is 2. The summed E-state index contributed by atoms with van der Waals surface area (Å²) in [6.07, 6.45) is -0.0309. The maximum atomic E-state index is 11.4. The van der Waals surface area contributed by atoms with Gasteiger partial charge in [-0.3, -0.25) is 9.59 Å². The molecule has 7 heteroatoms. The van der Waals surface area contributed by atoms with Gasteiger partial charge in [0.05, 0.1) is 13.7 Å². The molecule has 0 aromatic carbocycles. The van der Waals surface area contributed by atoms with Gasteiger partial charge in [0.2, 0.25) is 5.91 Å². The van der Waals surface area contributed by atoms with Gasteiger partial charge >= 0.3 is 11.9 Å². The molecule has 0 rings (SSSR count). The summed E-state index contributed by atoms with van der Waals surface area (Å²) in [5, 5.41) is 11.2. The summed E-state index contributed by atoms with van der Waals surface area (Å²) >= 11 is 0. The molecule has 7 nitrogen and oxygen atoms in total. The maximum Gasteiger partial charge on any atom is 0.326 e. The van der Waals surface area contributed by atoms with Gasteiger partial charge in [0, 0.05) is 6.42 Å². The smallest absolute Gasteiger partial charge is 0.326 e. The average Bonchev–Trinajstić information content (AvgIpc) is 2.22. The van der Waals surface area contributed by atoms with Crippen molar-refractivity contribution >= 4 is 17.8 Å².